The van der Waals surface area contributed by atoms with Gasteiger partial charge in [0.25, 0.3) is 0 Å². The van der Waals surface area contributed by atoms with E-state index < -0.39 is 11.9 Å². The van der Waals surface area contributed by atoms with Crippen LogP contribution in [0.3, 0.4) is 0 Å². The Hall–Kier alpha value is -3.35. The van der Waals surface area contributed by atoms with Gasteiger partial charge in [0.2, 0.25) is 11.8 Å². The minimum absolute atomic E-state index is 0.0584. The minimum atomic E-state index is -1.00. The molecule has 0 radical (unpaired) electrons. The number of nitrogens with zero attached hydrogens (tertiary/aromatic N) is 2. The van der Waals surface area contributed by atoms with Gasteiger partial charge < -0.3 is 20.2 Å². The predicted molar refractivity (Wildman–Crippen MR) is 114 cm³/mol. The van der Waals surface area contributed by atoms with Gasteiger partial charge in [0, 0.05) is 44.0 Å². The third-order valence-electron chi connectivity index (χ3n) is 5.77. The number of carboxylic acids is 1. The number of carbonyl (C=O) groups is 3. The monoisotopic (exact) mass is 407 g/mol. The fraction of sp³-hybridized carbons (Fsp3) is 0.348. The second-order valence-corrected chi connectivity index (χ2v) is 7.84. The molecule has 2 saturated heterocycles. The van der Waals surface area contributed by atoms with Gasteiger partial charge in [-0.3, -0.25) is 9.59 Å². The number of nitrogens with one attached hydrogen (secondary N) is 1. The number of hydrogen-bond donors (Lipinski definition) is 2. The van der Waals surface area contributed by atoms with Crippen LogP contribution in [0.15, 0.2) is 48.5 Å². The average molecular weight is 407 g/mol. The first kappa shape index (κ1) is 19.9. The van der Waals surface area contributed by atoms with Crippen molar-refractivity contribution < 1.29 is 19.5 Å². The molecule has 2 aliphatic rings. The molecule has 0 aromatic heterocycles. The molecule has 0 bridgehead atoms. The molecular formula is C23H25N3O4. The lowest BCUT2D eigenvalue weighted by atomic mass is 10.1. The molecule has 2 heterocycles. The number of carbonyl (C=O) groups excluding carboxylic acids is 2. The van der Waals surface area contributed by atoms with E-state index in [1.54, 1.807) is 17.0 Å². The van der Waals surface area contributed by atoms with Gasteiger partial charge in [0.1, 0.15) is 0 Å². The molecule has 30 heavy (non-hydrogen) atoms. The van der Waals surface area contributed by atoms with Crippen molar-refractivity contribution in [1.82, 2.24) is 5.32 Å². The predicted octanol–water partition coefficient (Wildman–Crippen LogP) is 2.65. The molecule has 2 aliphatic heterocycles. The number of amides is 2. The Morgan fingerprint density at radius 3 is 2.43 bits per heavy atom. The molecule has 2 amide bonds. The van der Waals surface area contributed by atoms with E-state index in [-0.39, 0.29) is 30.3 Å². The van der Waals surface area contributed by atoms with Crippen molar-refractivity contribution in [3.63, 3.8) is 0 Å². The number of aromatic carboxylic acids is 1. The van der Waals surface area contributed by atoms with Crippen LogP contribution in [0.5, 0.6) is 0 Å². The van der Waals surface area contributed by atoms with Crippen molar-refractivity contribution in [3.05, 3.63) is 59.7 Å². The molecule has 0 saturated carbocycles. The minimum Gasteiger partial charge on any atom is -0.478 e. The van der Waals surface area contributed by atoms with E-state index in [1.165, 1.54) is 30.7 Å². The highest BCUT2D eigenvalue weighted by atomic mass is 16.4. The summed E-state index contributed by atoms with van der Waals surface area (Å²) in [5, 5.41) is 11.9. The van der Waals surface area contributed by atoms with Crippen molar-refractivity contribution in [2.75, 3.05) is 29.4 Å². The van der Waals surface area contributed by atoms with E-state index in [2.05, 4.69) is 10.2 Å². The Bertz CT molecular complexity index is 951. The smallest absolute Gasteiger partial charge is 0.335 e. The molecule has 0 spiro atoms. The van der Waals surface area contributed by atoms with Crippen LogP contribution in [0.25, 0.3) is 0 Å². The third kappa shape index (κ3) is 4.30. The number of anilines is 2. The van der Waals surface area contributed by atoms with Gasteiger partial charge in [0.15, 0.2) is 0 Å². The number of benzene rings is 2. The first-order chi connectivity index (χ1) is 14.5. The molecule has 0 aliphatic carbocycles. The number of carboxylic acid groups (broad SMARTS) is 1. The molecule has 2 N–H and O–H groups in total. The van der Waals surface area contributed by atoms with Crippen LogP contribution < -0.4 is 15.1 Å². The van der Waals surface area contributed by atoms with E-state index >= 15 is 0 Å². The maximum Gasteiger partial charge on any atom is 0.335 e. The zero-order valence-corrected chi connectivity index (χ0v) is 16.7. The van der Waals surface area contributed by atoms with E-state index in [4.69, 9.17) is 5.11 Å². The second kappa shape index (κ2) is 8.57. The fourth-order valence-electron chi connectivity index (χ4n) is 4.10. The van der Waals surface area contributed by atoms with Crippen molar-refractivity contribution in [2.45, 2.75) is 25.8 Å². The van der Waals surface area contributed by atoms with E-state index in [9.17, 15) is 14.4 Å². The summed E-state index contributed by atoms with van der Waals surface area (Å²) in [7, 11) is 0. The van der Waals surface area contributed by atoms with Gasteiger partial charge in [0.05, 0.1) is 11.5 Å². The Labute approximate surface area is 175 Å². The van der Waals surface area contributed by atoms with Gasteiger partial charge in [-0.25, -0.2) is 4.79 Å². The van der Waals surface area contributed by atoms with Crippen molar-refractivity contribution >= 4 is 29.2 Å². The lowest BCUT2D eigenvalue weighted by Crippen LogP contribution is -2.32. The lowest BCUT2D eigenvalue weighted by Gasteiger charge is -2.20. The van der Waals surface area contributed by atoms with Gasteiger partial charge in [-0.2, -0.15) is 0 Å². The molecule has 1 atom stereocenters. The highest BCUT2D eigenvalue weighted by Crippen LogP contribution is 2.28. The summed E-state index contributed by atoms with van der Waals surface area (Å²) < 4.78 is 0. The summed E-state index contributed by atoms with van der Waals surface area (Å²) in [6.07, 6.45) is 2.60. The van der Waals surface area contributed by atoms with E-state index in [0.717, 1.165) is 18.8 Å². The van der Waals surface area contributed by atoms with Crippen LogP contribution in [0.2, 0.25) is 0 Å². The van der Waals surface area contributed by atoms with Crippen LogP contribution in [0.1, 0.15) is 35.2 Å². The molecule has 2 aromatic rings. The Balaban J connectivity index is 1.35. The molecule has 2 aromatic carbocycles. The SMILES string of the molecule is O=C(O)c1cccc(CNC(=O)C2CC(=O)N(c3ccc(N4CCCC4)cc3)C2)c1. The first-order valence-corrected chi connectivity index (χ1v) is 10.3. The highest BCUT2D eigenvalue weighted by Gasteiger charge is 2.35. The summed E-state index contributed by atoms with van der Waals surface area (Å²) in [5.74, 6) is -1.67. The molecule has 2 fully saturated rings. The molecule has 4 rings (SSSR count). The Morgan fingerprint density at radius 2 is 1.73 bits per heavy atom. The van der Waals surface area contributed by atoms with E-state index in [1.807, 2.05) is 24.3 Å². The van der Waals surface area contributed by atoms with Crippen LogP contribution >= 0.6 is 0 Å². The van der Waals surface area contributed by atoms with E-state index in [0.29, 0.717) is 12.1 Å². The summed E-state index contributed by atoms with van der Waals surface area (Å²) >= 11 is 0. The maximum atomic E-state index is 12.6. The Kier molecular flexibility index (Phi) is 5.70. The van der Waals surface area contributed by atoms with Gasteiger partial charge in [-0.15, -0.1) is 0 Å². The highest BCUT2D eigenvalue weighted by molar-refractivity contribution is 6.00. The van der Waals surface area contributed by atoms with Crippen LogP contribution in [0, 0.1) is 5.92 Å². The molecule has 7 heteroatoms. The first-order valence-electron chi connectivity index (χ1n) is 10.3. The molecule has 1 unspecified atom stereocenters. The number of hydrogen-bond acceptors (Lipinski definition) is 4. The summed E-state index contributed by atoms with van der Waals surface area (Å²) in [5.41, 5.74) is 2.87. The summed E-state index contributed by atoms with van der Waals surface area (Å²) in [6, 6.07) is 14.4. The van der Waals surface area contributed by atoms with Crippen LogP contribution in [-0.4, -0.2) is 42.5 Å². The molecule has 156 valence electrons. The van der Waals surface area contributed by atoms with Crippen molar-refractivity contribution in [3.8, 4) is 0 Å². The zero-order chi connectivity index (χ0) is 21.1. The van der Waals surface area contributed by atoms with Gasteiger partial charge >= 0.3 is 5.97 Å². The lowest BCUT2D eigenvalue weighted by molar-refractivity contribution is -0.126. The molecule has 7 nitrogen and oxygen atoms in total. The quantitative estimate of drug-likeness (QED) is 0.768. The standard InChI is InChI=1S/C23H25N3O4/c27-21-13-18(22(28)24-14-16-4-3-5-17(12-16)23(29)30)15-26(21)20-8-6-19(7-9-20)25-10-1-2-11-25/h3-9,12,18H,1-2,10-11,13-15H2,(H,24,28)(H,29,30). The van der Waals surface area contributed by atoms with Crippen molar-refractivity contribution in [1.29, 1.82) is 0 Å². The van der Waals surface area contributed by atoms with Crippen LogP contribution in [0.4, 0.5) is 11.4 Å². The van der Waals surface area contributed by atoms with Gasteiger partial charge in [-0.05, 0) is 54.8 Å². The topological polar surface area (TPSA) is 89.9 Å². The maximum absolute atomic E-state index is 12.6. The molecular weight excluding hydrogens is 382 g/mol. The largest absolute Gasteiger partial charge is 0.478 e. The second-order valence-electron chi connectivity index (χ2n) is 7.84. The summed E-state index contributed by atoms with van der Waals surface area (Å²) in [4.78, 5) is 40.1. The van der Waals surface area contributed by atoms with Crippen LogP contribution in [-0.2, 0) is 16.1 Å². The fourth-order valence-corrected chi connectivity index (χ4v) is 4.10. The summed E-state index contributed by atoms with van der Waals surface area (Å²) in [6.45, 7) is 2.72. The average Bonchev–Trinajstić information content (AvgIpc) is 3.42. The van der Waals surface area contributed by atoms with Crippen molar-refractivity contribution in [2.24, 2.45) is 5.92 Å². The normalized spacial score (nSPS) is 18.7. The third-order valence-corrected chi connectivity index (χ3v) is 5.77. The van der Waals surface area contributed by atoms with Gasteiger partial charge in [-0.1, -0.05) is 12.1 Å². The number of rotatable bonds is 6. The Morgan fingerprint density at radius 1 is 1.03 bits per heavy atom. The zero-order valence-electron chi connectivity index (χ0n) is 16.7.